The Morgan fingerprint density at radius 1 is 0.833 bits per heavy atom. The van der Waals surface area contributed by atoms with E-state index in [2.05, 4.69) is 19.1 Å². The fourth-order valence-electron chi connectivity index (χ4n) is 3.79. The minimum Gasteiger partial charge on any atom is -0.298 e. The second kappa shape index (κ2) is 8.37. The highest BCUT2D eigenvalue weighted by molar-refractivity contribution is 6.31. The van der Waals surface area contributed by atoms with Crippen LogP contribution in [0.1, 0.15) is 29.3 Å². The van der Waals surface area contributed by atoms with Gasteiger partial charge in [-0.1, -0.05) is 79.5 Å². The summed E-state index contributed by atoms with van der Waals surface area (Å²) in [4.78, 5) is 11.9. The van der Waals surface area contributed by atoms with Gasteiger partial charge in [0.2, 0.25) is 0 Å². The van der Waals surface area contributed by atoms with Crippen molar-refractivity contribution in [2.24, 2.45) is 0 Å². The van der Waals surface area contributed by atoms with E-state index in [9.17, 15) is 13.6 Å². The van der Waals surface area contributed by atoms with Crippen LogP contribution in [0.2, 0.25) is 5.02 Å². The topological polar surface area (TPSA) is 17.1 Å². The molecule has 0 aliphatic rings. The van der Waals surface area contributed by atoms with Crippen LogP contribution in [0.3, 0.4) is 0 Å². The maximum atomic E-state index is 13.8. The Kier molecular flexibility index (Phi) is 5.65. The predicted octanol–water partition coefficient (Wildman–Crippen LogP) is 7.87. The van der Waals surface area contributed by atoms with Gasteiger partial charge in [0.15, 0.2) is 6.29 Å². The van der Waals surface area contributed by atoms with Crippen LogP contribution in [-0.2, 0) is 6.42 Å². The van der Waals surface area contributed by atoms with Gasteiger partial charge in [-0.25, -0.2) is 8.78 Å². The van der Waals surface area contributed by atoms with Crippen LogP contribution in [0.15, 0.2) is 66.7 Å². The van der Waals surface area contributed by atoms with Crippen molar-refractivity contribution in [2.45, 2.75) is 19.8 Å². The lowest BCUT2D eigenvalue weighted by Gasteiger charge is -2.11. The Balaban J connectivity index is 1.75. The van der Waals surface area contributed by atoms with Crippen LogP contribution in [0, 0.1) is 11.6 Å². The number of carbonyl (C=O) groups excluding carboxylic acids is 1. The van der Waals surface area contributed by atoms with E-state index in [0.717, 1.165) is 41.0 Å². The minimum absolute atomic E-state index is 0.401. The third kappa shape index (κ3) is 3.73. The van der Waals surface area contributed by atoms with Gasteiger partial charge < -0.3 is 0 Å². The van der Waals surface area contributed by atoms with Gasteiger partial charge in [-0.2, -0.15) is 0 Å². The summed E-state index contributed by atoms with van der Waals surface area (Å²) in [5, 5.41) is 1.44. The molecule has 0 fully saturated rings. The SMILES string of the molecule is CCCc1ccc2c(C=O)c(-c3ccc(-c4cc(F)c(Cl)c(F)c4)cc3)ccc2c1. The molecule has 0 aliphatic carbocycles. The van der Waals surface area contributed by atoms with E-state index >= 15 is 0 Å². The van der Waals surface area contributed by atoms with Gasteiger partial charge in [0.05, 0.1) is 0 Å². The molecule has 0 aromatic heterocycles. The van der Waals surface area contributed by atoms with Crippen molar-refractivity contribution in [3.05, 3.63) is 94.5 Å². The molecule has 4 aromatic carbocycles. The molecule has 30 heavy (non-hydrogen) atoms. The molecule has 0 heterocycles. The van der Waals surface area contributed by atoms with Gasteiger partial charge >= 0.3 is 0 Å². The first kappa shape index (κ1) is 20.2. The molecule has 0 N–H and O–H groups in total. The Bertz CT molecular complexity index is 1220. The highest BCUT2D eigenvalue weighted by Crippen LogP contribution is 2.33. The summed E-state index contributed by atoms with van der Waals surface area (Å²) < 4.78 is 27.6. The van der Waals surface area contributed by atoms with E-state index in [4.69, 9.17) is 11.6 Å². The van der Waals surface area contributed by atoms with Gasteiger partial charge in [-0.3, -0.25) is 4.79 Å². The monoisotopic (exact) mass is 420 g/mol. The van der Waals surface area contributed by atoms with E-state index in [0.29, 0.717) is 16.7 Å². The van der Waals surface area contributed by atoms with E-state index in [1.54, 1.807) is 12.1 Å². The summed E-state index contributed by atoms with van der Waals surface area (Å²) in [5.41, 5.74) is 4.62. The average Bonchev–Trinajstić information content (AvgIpc) is 2.76. The number of rotatable bonds is 5. The Hall–Kier alpha value is -3.04. The van der Waals surface area contributed by atoms with Crippen molar-refractivity contribution in [2.75, 3.05) is 0 Å². The summed E-state index contributed by atoms with van der Waals surface area (Å²) in [6.45, 7) is 2.14. The smallest absolute Gasteiger partial charge is 0.151 e. The fraction of sp³-hybridized carbons (Fsp3) is 0.115. The average molecular weight is 421 g/mol. The van der Waals surface area contributed by atoms with Crippen molar-refractivity contribution < 1.29 is 13.6 Å². The number of halogens is 3. The normalized spacial score (nSPS) is 11.1. The molecule has 0 radical (unpaired) electrons. The molecule has 0 saturated carbocycles. The number of benzene rings is 4. The van der Waals surface area contributed by atoms with Crippen LogP contribution in [0.4, 0.5) is 8.78 Å². The first-order chi connectivity index (χ1) is 14.5. The molecule has 4 aromatic rings. The second-order valence-electron chi connectivity index (χ2n) is 7.28. The molecule has 4 rings (SSSR count). The lowest BCUT2D eigenvalue weighted by atomic mass is 9.92. The number of hydrogen-bond acceptors (Lipinski definition) is 1. The van der Waals surface area contributed by atoms with Gasteiger partial charge in [-0.15, -0.1) is 0 Å². The van der Waals surface area contributed by atoms with Crippen LogP contribution >= 0.6 is 11.6 Å². The summed E-state index contributed by atoms with van der Waals surface area (Å²) in [6, 6.07) is 19.8. The lowest BCUT2D eigenvalue weighted by Crippen LogP contribution is -1.92. The zero-order valence-electron chi connectivity index (χ0n) is 16.4. The molecule has 0 amide bonds. The third-order valence-corrected chi connectivity index (χ3v) is 5.66. The van der Waals surface area contributed by atoms with Crippen molar-refractivity contribution in [1.82, 2.24) is 0 Å². The molecular weight excluding hydrogens is 402 g/mol. The van der Waals surface area contributed by atoms with Crippen LogP contribution < -0.4 is 0 Å². The highest BCUT2D eigenvalue weighted by Gasteiger charge is 2.12. The third-order valence-electron chi connectivity index (χ3n) is 5.30. The number of aldehydes is 1. The Labute approximate surface area is 178 Å². The van der Waals surface area contributed by atoms with E-state index < -0.39 is 16.7 Å². The molecule has 0 aliphatic heterocycles. The largest absolute Gasteiger partial charge is 0.298 e. The van der Waals surface area contributed by atoms with Crippen molar-refractivity contribution >= 4 is 28.7 Å². The summed E-state index contributed by atoms with van der Waals surface area (Å²) in [5.74, 6) is -1.59. The van der Waals surface area contributed by atoms with Crippen LogP contribution in [0.25, 0.3) is 33.0 Å². The van der Waals surface area contributed by atoms with E-state index in [1.165, 1.54) is 17.7 Å². The quantitative estimate of drug-likeness (QED) is 0.237. The van der Waals surface area contributed by atoms with Crippen LogP contribution in [0.5, 0.6) is 0 Å². The summed E-state index contributed by atoms with van der Waals surface area (Å²) in [6.07, 6.45) is 2.95. The highest BCUT2D eigenvalue weighted by atomic mass is 35.5. The van der Waals surface area contributed by atoms with Crippen molar-refractivity contribution in [1.29, 1.82) is 0 Å². The Morgan fingerprint density at radius 3 is 2.13 bits per heavy atom. The molecule has 150 valence electrons. The fourth-order valence-corrected chi connectivity index (χ4v) is 3.90. The number of carbonyl (C=O) groups is 1. The zero-order valence-corrected chi connectivity index (χ0v) is 17.1. The van der Waals surface area contributed by atoms with Gasteiger partial charge in [0, 0.05) is 5.56 Å². The number of fused-ring (bicyclic) bond motifs is 1. The van der Waals surface area contributed by atoms with Crippen molar-refractivity contribution in [3.8, 4) is 22.3 Å². The standard InChI is InChI=1S/C26H19ClF2O/c1-2-3-16-4-10-22-19(12-16)9-11-21(23(22)15-30)18-7-5-17(6-8-18)20-13-24(28)26(27)25(29)14-20/h4-15H,2-3H2,1H3. The maximum Gasteiger partial charge on any atom is 0.151 e. The number of aryl methyl sites for hydroxylation is 1. The molecule has 4 heteroatoms. The van der Waals surface area contributed by atoms with E-state index in [1.807, 2.05) is 30.3 Å². The Morgan fingerprint density at radius 2 is 1.50 bits per heavy atom. The van der Waals surface area contributed by atoms with E-state index in [-0.39, 0.29) is 0 Å². The number of hydrogen-bond donors (Lipinski definition) is 0. The molecule has 0 bridgehead atoms. The predicted molar refractivity (Wildman–Crippen MR) is 119 cm³/mol. The molecule has 0 saturated heterocycles. The molecule has 0 unspecified atom stereocenters. The summed E-state index contributed by atoms with van der Waals surface area (Å²) in [7, 11) is 0. The van der Waals surface area contributed by atoms with Crippen molar-refractivity contribution in [3.63, 3.8) is 0 Å². The molecule has 0 atom stereocenters. The maximum absolute atomic E-state index is 13.8. The zero-order chi connectivity index (χ0) is 21.3. The van der Waals surface area contributed by atoms with Crippen LogP contribution in [-0.4, -0.2) is 6.29 Å². The molecular formula is C26H19ClF2O. The second-order valence-corrected chi connectivity index (χ2v) is 7.66. The van der Waals surface area contributed by atoms with Gasteiger partial charge in [0.25, 0.3) is 0 Å². The molecule has 1 nitrogen and oxygen atoms in total. The summed E-state index contributed by atoms with van der Waals surface area (Å²) >= 11 is 5.57. The minimum atomic E-state index is -0.795. The van der Waals surface area contributed by atoms with Gasteiger partial charge in [0.1, 0.15) is 16.7 Å². The van der Waals surface area contributed by atoms with Gasteiger partial charge in [-0.05, 0) is 57.1 Å². The molecule has 0 spiro atoms. The first-order valence-electron chi connectivity index (χ1n) is 9.78. The lowest BCUT2D eigenvalue weighted by molar-refractivity contribution is 0.112. The first-order valence-corrected chi connectivity index (χ1v) is 10.2.